The third-order valence-electron chi connectivity index (χ3n) is 8.62. The number of fused-ring (bicyclic) bond motifs is 1. The van der Waals surface area contributed by atoms with Crippen LogP contribution in [-0.4, -0.2) is 80.9 Å². The van der Waals surface area contributed by atoms with Gasteiger partial charge in [0.25, 0.3) is 0 Å². The Morgan fingerprint density at radius 1 is 1.18 bits per heavy atom. The highest BCUT2D eigenvalue weighted by molar-refractivity contribution is 8.02. The van der Waals surface area contributed by atoms with Gasteiger partial charge in [0, 0.05) is 43.2 Å². The van der Waals surface area contributed by atoms with E-state index >= 15 is 0 Å². The van der Waals surface area contributed by atoms with Crippen LogP contribution in [0.4, 0.5) is 5.69 Å². The standard InChI is InChI=1S/C31H43N3O4S/c1-5-13-22(4)32(18-6-2)30(38)27-31-17-16-24(39-31)25(26(31)29(37)34(27)20-11-12-21-35)28(36)33(19-7-3)23-14-9-8-10-15-23/h6-10,14-15,22,24-27,35H,2-3,5,11-13,16-21H2,1,4H3/t22?,24-,25+,26+,27?,31?/m1/s1. The number of aliphatic hydroxyl groups excluding tert-OH is 1. The number of unbranched alkanes of at least 4 members (excludes halogenated alkanes) is 1. The predicted molar refractivity (Wildman–Crippen MR) is 157 cm³/mol. The average molecular weight is 554 g/mol. The van der Waals surface area contributed by atoms with E-state index < -0.39 is 22.6 Å². The first-order valence-corrected chi connectivity index (χ1v) is 15.2. The van der Waals surface area contributed by atoms with Gasteiger partial charge < -0.3 is 19.8 Å². The zero-order chi connectivity index (χ0) is 28.2. The molecular formula is C31H43N3O4S. The lowest BCUT2D eigenvalue weighted by atomic mass is 9.70. The molecule has 0 aromatic heterocycles. The van der Waals surface area contributed by atoms with Crippen LogP contribution in [0, 0.1) is 11.8 Å². The molecule has 8 heteroatoms. The molecule has 3 fully saturated rings. The van der Waals surface area contributed by atoms with Crippen molar-refractivity contribution in [2.24, 2.45) is 11.8 Å². The number of amides is 3. The number of hydrogen-bond donors (Lipinski definition) is 1. The maximum absolute atomic E-state index is 14.4. The molecule has 3 aliphatic heterocycles. The normalized spacial score (nSPS) is 27.8. The second-order valence-electron chi connectivity index (χ2n) is 11.0. The second-order valence-corrected chi connectivity index (χ2v) is 12.6. The quantitative estimate of drug-likeness (QED) is 0.275. The van der Waals surface area contributed by atoms with E-state index in [1.807, 2.05) is 35.2 Å². The van der Waals surface area contributed by atoms with Gasteiger partial charge in [0.15, 0.2) is 0 Å². The van der Waals surface area contributed by atoms with Crippen LogP contribution in [0.5, 0.6) is 0 Å². The molecule has 1 spiro atoms. The van der Waals surface area contributed by atoms with Gasteiger partial charge in [0.1, 0.15) is 6.04 Å². The Labute approximate surface area is 237 Å². The van der Waals surface area contributed by atoms with Crippen molar-refractivity contribution in [2.45, 2.75) is 74.5 Å². The molecule has 6 atom stereocenters. The van der Waals surface area contributed by atoms with E-state index in [4.69, 9.17) is 0 Å². The van der Waals surface area contributed by atoms with E-state index in [0.29, 0.717) is 32.5 Å². The number of nitrogens with zero attached hydrogens (tertiary/aromatic N) is 3. The summed E-state index contributed by atoms with van der Waals surface area (Å²) < 4.78 is -0.625. The molecule has 4 rings (SSSR count). The number of para-hydroxylation sites is 1. The highest BCUT2D eigenvalue weighted by Crippen LogP contribution is 2.66. The van der Waals surface area contributed by atoms with Gasteiger partial charge in [-0.2, -0.15) is 0 Å². The molecule has 1 aromatic carbocycles. The number of benzene rings is 1. The van der Waals surface area contributed by atoms with Gasteiger partial charge in [0.05, 0.1) is 16.6 Å². The van der Waals surface area contributed by atoms with Crippen LogP contribution >= 0.6 is 11.8 Å². The molecule has 0 aliphatic carbocycles. The molecule has 3 aliphatic rings. The Hall–Kier alpha value is -2.58. The Bertz CT molecular complexity index is 1070. The first kappa shape index (κ1) is 29.4. The summed E-state index contributed by atoms with van der Waals surface area (Å²) in [6.45, 7) is 13.1. The molecule has 7 nitrogen and oxygen atoms in total. The third kappa shape index (κ3) is 5.30. The van der Waals surface area contributed by atoms with Crippen molar-refractivity contribution < 1.29 is 19.5 Å². The summed E-state index contributed by atoms with van der Waals surface area (Å²) in [5, 5.41) is 9.42. The number of likely N-dealkylation sites (tertiary alicyclic amines) is 1. The van der Waals surface area contributed by atoms with Gasteiger partial charge >= 0.3 is 0 Å². The van der Waals surface area contributed by atoms with Crippen LogP contribution in [0.2, 0.25) is 0 Å². The number of carbonyl (C=O) groups excluding carboxylic acids is 3. The fraction of sp³-hybridized carbons (Fsp3) is 0.581. The van der Waals surface area contributed by atoms with Crippen molar-refractivity contribution in [3.63, 3.8) is 0 Å². The SMILES string of the molecule is C=CCN(C(=O)[C@@H]1[C@H]2C(=O)N(CCCCO)C(C(=O)N(CC=C)C(C)CCC)C23CC[C@H]1S3)c1ccccc1. The molecule has 3 saturated heterocycles. The van der Waals surface area contributed by atoms with Crippen molar-refractivity contribution in [1.29, 1.82) is 0 Å². The zero-order valence-corrected chi connectivity index (χ0v) is 24.2. The highest BCUT2D eigenvalue weighted by atomic mass is 32.2. The number of aliphatic hydroxyl groups is 1. The Morgan fingerprint density at radius 2 is 1.90 bits per heavy atom. The first-order chi connectivity index (χ1) is 18.9. The monoisotopic (exact) mass is 553 g/mol. The van der Waals surface area contributed by atoms with E-state index in [0.717, 1.165) is 31.4 Å². The lowest BCUT2D eigenvalue weighted by Gasteiger charge is -2.39. The van der Waals surface area contributed by atoms with Gasteiger partial charge in [-0.25, -0.2) is 0 Å². The van der Waals surface area contributed by atoms with E-state index in [-0.39, 0.29) is 35.6 Å². The number of hydrogen-bond acceptors (Lipinski definition) is 5. The number of thioether (sulfide) groups is 1. The maximum Gasteiger partial charge on any atom is 0.247 e. The third-order valence-corrected chi connectivity index (χ3v) is 10.6. The van der Waals surface area contributed by atoms with Crippen LogP contribution in [0.1, 0.15) is 52.4 Å². The van der Waals surface area contributed by atoms with Crippen LogP contribution in [0.3, 0.4) is 0 Å². The van der Waals surface area contributed by atoms with Crippen molar-refractivity contribution in [1.82, 2.24) is 9.80 Å². The van der Waals surface area contributed by atoms with Crippen molar-refractivity contribution in [2.75, 3.05) is 31.1 Å². The summed E-state index contributed by atoms with van der Waals surface area (Å²) in [5.74, 6) is -1.23. The molecule has 0 saturated carbocycles. The number of carbonyl (C=O) groups is 3. The van der Waals surface area contributed by atoms with E-state index in [1.165, 1.54) is 0 Å². The summed E-state index contributed by atoms with van der Waals surface area (Å²) in [6, 6.07) is 8.93. The molecule has 212 valence electrons. The summed E-state index contributed by atoms with van der Waals surface area (Å²) in [5.41, 5.74) is 0.785. The van der Waals surface area contributed by atoms with Crippen LogP contribution < -0.4 is 4.90 Å². The summed E-state index contributed by atoms with van der Waals surface area (Å²) in [6.07, 6.45) is 8.01. The first-order valence-electron chi connectivity index (χ1n) is 14.3. The molecule has 1 aromatic rings. The number of rotatable bonds is 14. The van der Waals surface area contributed by atoms with Gasteiger partial charge in [-0.3, -0.25) is 14.4 Å². The maximum atomic E-state index is 14.4. The lowest BCUT2D eigenvalue weighted by Crippen LogP contribution is -2.56. The summed E-state index contributed by atoms with van der Waals surface area (Å²) in [4.78, 5) is 48.3. The smallest absolute Gasteiger partial charge is 0.247 e. The summed E-state index contributed by atoms with van der Waals surface area (Å²) >= 11 is 1.70. The van der Waals surface area contributed by atoms with Crippen molar-refractivity contribution >= 4 is 35.2 Å². The van der Waals surface area contributed by atoms with Crippen LogP contribution in [-0.2, 0) is 14.4 Å². The van der Waals surface area contributed by atoms with Gasteiger partial charge in [-0.1, -0.05) is 43.7 Å². The fourth-order valence-corrected chi connectivity index (χ4v) is 9.15. The minimum atomic E-state index is -0.625. The Balaban J connectivity index is 1.73. The molecule has 3 heterocycles. The lowest BCUT2D eigenvalue weighted by molar-refractivity contribution is -0.143. The topological polar surface area (TPSA) is 81.2 Å². The highest BCUT2D eigenvalue weighted by Gasteiger charge is 2.74. The van der Waals surface area contributed by atoms with E-state index in [1.54, 1.807) is 33.7 Å². The predicted octanol–water partition coefficient (Wildman–Crippen LogP) is 4.27. The minimum Gasteiger partial charge on any atom is -0.396 e. The van der Waals surface area contributed by atoms with Gasteiger partial charge in [-0.15, -0.1) is 24.9 Å². The fourth-order valence-electron chi connectivity index (χ4n) is 6.94. The second kappa shape index (κ2) is 12.7. The van der Waals surface area contributed by atoms with Crippen molar-refractivity contribution in [3.05, 3.63) is 55.6 Å². The molecule has 3 amide bonds. The minimum absolute atomic E-state index is 0.00158. The molecule has 3 unspecified atom stereocenters. The zero-order valence-electron chi connectivity index (χ0n) is 23.3. The van der Waals surface area contributed by atoms with Gasteiger partial charge in [0.2, 0.25) is 17.7 Å². The Morgan fingerprint density at radius 3 is 2.54 bits per heavy atom. The molecular weight excluding hydrogens is 510 g/mol. The number of anilines is 1. The van der Waals surface area contributed by atoms with E-state index in [9.17, 15) is 19.5 Å². The average Bonchev–Trinajstić information content (AvgIpc) is 3.58. The largest absolute Gasteiger partial charge is 0.396 e. The summed E-state index contributed by atoms with van der Waals surface area (Å²) in [7, 11) is 0. The van der Waals surface area contributed by atoms with Gasteiger partial charge in [-0.05, 0) is 51.2 Å². The van der Waals surface area contributed by atoms with Crippen LogP contribution in [0.15, 0.2) is 55.6 Å². The van der Waals surface area contributed by atoms with E-state index in [2.05, 4.69) is 27.0 Å². The molecule has 2 bridgehead atoms. The Kier molecular flexibility index (Phi) is 9.60. The molecule has 39 heavy (non-hydrogen) atoms. The van der Waals surface area contributed by atoms with Crippen molar-refractivity contribution in [3.8, 4) is 0 Å². The molecule has 1 N–H and O–H groups in total. The molecule has 0 radical (unpaired) electrons. The van der Waals surface area contributed by atoms with Crippen LogP contribution in [0.25, 0.3) is 0 Å².